The van der Waals surface area contributed by atoms with Gasteiger partial charge in [0.1, 0.15) is 10.6 Å². The molecule has 0 radical (unpaired) electrons. The fourth-order valence-corrected chi connectivity index (χ4v) is 5.82. The number of amides is 4. The van der Waals surface area contributed by atoms with Gasteiger partial charge in [0, 0.05) is 23.9 Å². The first kappa shape index (κ1) is 23.6. The zero-order valence-corrected chi connectivity index (χ0v) is 19.2. The van der Waals surface area contributed by atoms with Crippen LogP contribution in [0.25, 0.3) is 0 Å². The van der Waals surface area contributed by atoms with Crippen LogP contribution in [-0.2, 0) is 17.6 Å². The van der Waals surface area contributed by atoms with Crippen molar-refractivity contribution in [2.24, 2.45) is 5.73 Å². The Morgan fingerprint density at radius 1 is 1.12 bits per heavy atom. The minimum atomic E-state index is -0.667. The Kier molecular flexibility index (Phi) is 6.73. The highest BCUT2D eigenvalue weighted by Gasteiger charge is 2.40. The molecule has 1 aliphatic carbocycles. The molecule has 178 valence electrons. The average molecular weight is 485 g/mol. The predicted molar refractivity (Wildman–Crippen MR) is 125 cm³/mol. The van der Waals surface area contributed by atoms with Gasteiger partial charge in [-0.3, -0.25) is 34.2 Å². The van der Waals surface area contributed by atoms with Gasteiger partial charge in [0.2, 0.25) is 5.91 Å². The monoisotopic (exact) mass is 484 g/mol. The van der Waals surface area contributed by atoms with E-state index < -0.39 is 22.6 Å². The van der Waals surface area contributed by atoms with Crippen molar-refractivity contribution in [1.82, 2.24) is 4.90 Å². The number of rotatable bonds is 9. The third-order valence-corrected chi connectivity index (χ3v) is 7.34. The van der Waals surface area contributed by atoms with Crippen LogP contribution in [0.15, 0.2) is 18.2 Å². The number of imide groups is 1. The quantitative estimate of drug-likeness (QED) is 0.241. The van der Waals surface area contributed by atoms with Crippen LogP contribution in [0.5, 0.6) is 0 Å². The van der Waals surface area contributed by atoms with Crippen LogP contribution >= 0.6 is 11.3 Å². The van der Waals surface area contributed by atoms with E-state index in [2.05, 4.69) is 5.32 Å². The smallest absolute Gasteiger partial charge is 0.282 e. The lowest BCUT2D eigenvalue weighted by molar-refractivity contribution is -0.385. The summed E-state index contributed by atoms with van der Waals surface area (Å²) in [5.41, 5.74) is 6.44. The number of carbonyl (C=O) groups is 4. The van der Waals surface area contributed by atoms with Crippen LogP contribution in [0.2, 0.25) is 0 Å². The third kappa shape index (κ3) is 4.43. The fourth-order valence-electron chi connectivity index (χ4n) is 4.51. The minimum absolute atomic E-state index is 0.0440. The second-order valence-electron chi connectivity index (χ2n) is 8.36. The summed E-state index contributed by atoms with van der Waals surface area (Å²) < 4.78 is 0. The molecule has 10 nitrogen and oxygen atoms in total. The van der Waals surface area contributed by atoms with Crippen LogP contribution < -0.4 is 11.1 Å². The van der Waals surface area contributed by atoms with Gasteiger partial charge in [-0.1, -0.05) is 12.5 Å². The first-order chi connectivity index (χ1) is 16.3. The normalized spacial score (nSPS) is 14.6. The highest BCUT2D eigenvalue weighted by molar-refractivity contribution is 7.17. The zero-order chi connectivity index (χ0) is 24.4. The maximum Gasteiger partial charge on any atom is 0.282 e. The molecule has 1 aromatic heterocycles. The molecule has 1 aliphatic heterocycles. The van der Waals surface area contributed by atoms with Crippen molar-refractivity contribution in [2.75, 3.05) is 11.9 Å². The van der Waals surface area contributed by atoms with Gasteiger partial charge in [0.05, 0.1) is 16.1 Å². The summed E-state index contributed by atoms with van der Waals surface area (Å²) in [5, 5.41) is 14.5. The van der Waals surface area contributed by atoms with E-state index in [1.54, 1.807) is 0 Å². The first-order valence-corrected chi connectivity index (χ1v) is 12.0. The SMILES string of the molecule is NC(=O)c1c(NC(=O)CCCCCN2C(=O)c3cccc([N+](=O)[O-])c3C2=O)sc2c1CCCC2. The summed E-state index contributed by atoms with van der Waals surface area (Å²) in [6.45, 7) is 0.120. The molecule has 2 aliphatic rings. The van der Waals surface area contributed by atoms with Crippen molar-refractivity contribution in [3.8, 4) is 0 Å². The van der Waals surface area contributed by atoms with Crippen molar-refractivity contribution in [1.29, 1.82) is 0 Å². The van der Waals surface area contributed by atoms with Gasteiger partial charge in [-0.2, -0.15) is 0 Å². The number of primary amides is 1. The van der Waals surface area contributed by atoms with Gasteiger partial charge >= 0.3 is 0 Å². The highest BCUT2D eigenvalue weighted by atomic mass is 32.1. The molecule has 3 N–H and O–H groups in total. The van der Waals surface area contributed by atoms with Crippen LogP contribution in [0.4, 0.5) is 10.7 Å². The Balaban J connectivity index is 1.28. The van der Waals surface area contributed by atoms with E-state index in [-0.39, 0.29) is 35.7 Å². The largest absolute Gasteiger partial charge is 0.365 e. The van der Waals surface area contributed by atoms with Crippen molar-refractivity contribution in [2.45, 2.75) is 51.4 Å². The Labute approximate surface area is 199 Å². The summed E-state index contributed by atoms with van der Waals surface area (Å²) in [6.07, 6.45) is 5.51. The number of carbonyl (C=O) groups excluding carboxylic acids is 4. The highest BCUT2D eigenvalue weighted by Crippen LogP contribution is 2.38. The first-order valence-electron chi connectivity index (χ1n) is 11.2. The number of benzene rings is 1. The second kappa shape index (κ2) is 9.72. The summed E-state index contributed by atoms with van der Waals surface area (Å²) >= 11 is 1.41. The van der Waals surface area contributed by atoms with Gasteiger partial charge in [0.15, 0.2) is 0 Å². The van der Waals surface area contributed by atoms with E-state index in [0.29, 0.717) is 29.8 Å². The summed E-state index contributed by atoms with van der Waals surface area (Å²) in [4.78, 5) is 62.1. The van der Waals surface area contributed by atoms with Gasteiger partial charge < -0.3 is 11.1 Å². The molecule has 0 fully saturated rings. The number of aryl methyl sites for hydroxylation is 1. The van der Waals surface area contributed by atoms with Crippen LogP contribution in [-0.4, -0.2) is 40.0 Å². The van der Waals surface area contributed by atoms with Gasteiger partial charge in [0.25, 0.3) is 23.4 Å². The van der Waals surface area contributed by atoms with Crippen LogP contribution in [0.3, 0.4) is 0 Å². The molecule has 4 amide bonds. The number of nitrogens with one attached hydrogen (secondary N) is 1. The molecule has 2 heterocycles. The molecular formula is C23H24N4O6S. The Morgan fingerprint density at radius 3 is 2.62 bits per heavy atom. The third-order valence-electron chi connectivity index (χ3n) is 6.13. The van der Waals surface area contributed by atoms with E-state index in [0.717, 1.165) is 41.0 Å². The van der Waals surface area contributed by atoms with Crippen molar-refractivity contribution in [3.63, 3.8) is 0 Å². The molecule has 1 aromatic carbocycles. The average Bonchev–Trinajstić information content (AvgIpc) is 3.28. The number of hydrogen-bond donors (Lipinski definition) is 2. The summed E-state index contributed by atoms with van der Waals surface area (Å²) in [6, 6.07) is 4.01. The lowest BCUT2D eigenvalue weighted by Crippen LogP contribution is -2.30. The number of fused-ring (bicyclic) bond motifs is 2. The summed E-state index contributed by atoms with van der Waals surface area (Å²) in [7, 11) is 0. The van der Waals surface area contributed by atoms with E-state index >= 15 is 0 Å². The molecule has 4 rings (SSSR count). The molecule has 0 bridgehead atoms. The molecule has 0 atom stereocenters. The fraction of sp³-hybridized carbons (Fsp3) is 0.391. The van der Waals surface area contributed by atoms with Gasteiger partial charge in [-0.15, -0.1) is 11.3 Å². The van der Waals surface area contributed by atoms with Crippen LogP contribution in [0.1, 0.15) is 80.0 Å². The maximum absolute atomic E-state index is 12.6. The molecule has 11 heteroatoms. The number of unbranched alkanes of at least 4 members (excludes halogenated alkanes) is 2. The molecule has 0 saturated carbocycles. The number of nitrogens with two attached hydrogens (primary N) is 1. The van der Waals surface area contributed by atoms with Crippen molar-refractivity contribution in [3.05, 3.63) is 55.4 Å². The zero-order valence-electron chi connectivity index (χ0n) is 18.4. The van der Waals surface area contributed by atoms with E-state index in [1.807, 2.05) is 0 Å². The summed E-state index contributed by atoms with van der Waals surface area (Å²) in [5.74, 6) is -1.96. The maximum atomic E-state index is 12.6. The number of hydrogen-bond acceptors (Lipinski definition) is 7. The second-order valence-corrected chi connectivity index (χ2v) is 9.46. The number of thiophene rings is 1. The molecule has 0 saturated heterocycles. The molecular weight excluding hydrogens is 460 g/mol. The molecule has 2 aromatic rings. The molecule has 0 unspecified atom stereocenters. The number of nitro groups is 1. The minimum Gasteiger partial charge on any atom is -0.365 e. The molecule has 34 heavy (non-hydrogen) atoms. The van der Waals surface area contributed by atoms with E-state index in [4.69, 9.17) is 5.73 Å². The standard InChI is InChI=1S/C23H24N4O6S/c24-20(29)19-13-7-3-4-10-16(13)34-21(19)25-17(28)11-2-1-5-12-26-22(30)14-8-6-9-15(27(32)33)18(14)23(26)31/h6,8-9H,1-5,7,10-12H2,(H2,24,29)(H,25,28). The Morgan fingerprint density at radius 2 is 1.88 bits per heavy atom. The van der Waals surface area contributed by atoms with Crippen molar-refractivity contribution < 1.29 is 24.1 Å². The topological polar surface area (TPSA) is 153 Å². The van der Waals surface area contributed by atoms with Crippen molar-refractivity contribution >= 4 is 45.7 Å². The van der Waals surface area contributed by atoms with Gasteiger partial charge in [-0.05, 0) is 50.2 Å². The Bertz CT molecular complexity index is 1200. The number of anilines is 1. The number of nitrogens with zero attached hydrogens (tertiary/aromatic N) is 2. The lowest BCUT2D eigenvalue weighted by Gasteiger charge is -2.13. The molecule has 0 spiro atoms. The number of nitro benzene ring substituents is 1. The van der Waals surface area contributed by atoms with Crippen LogP contribution in [0, 0.1) is 10.1 Å². The van der Waals surface area contributed by atoms with Gasteiger partial charge in [-0.25, -0.2) is 0 Å². The van der Waals surface area contributed by atoms with E-state index in [1.165, 1.54) is 29.5 Å². The Hall–Kier alpha value is -3.60. The van der Waals surface area contributed by atoms with E-state index in [9.17, 15) is 29.3 Å². The lowest BCUT2D eigenvalue weighted by atomic mass is 9.95. The predicted octanol–water partition coefficient (Wildman–Crippen LogP) is 3.43.